The fraction of sp³-hybridized carbons (Fsp3) is 0.857. The first kappa shape index (κ1) is 10.3. The number of hydrogen-bond acceptors (Lipinski definition) is 2. The monoisotopic (exact) mass is 196 g/mol. The van der Waals surface area contributed by atoms with Gasteiger partial charge in [-0.2, -0.15) is 13.2 Å². The van der Waals surface area contributed by atoms with Crippen LogP contribution in [0.4, 0.5) is 13.2 Å². The molecule has 0 aromatic carbocycles. The fourth-order valence-corrected chi connectivity index (χ4v) is 0.856. The molecule has 76 valence electrons. The molecular formula is C7H11F3N2O. The molecule has 0 heterocycles. The number of amides is 1. The second-order valence-electron chi connectivity index (χ2n) is 3.28. The van der Waals surface area contributed by atoms with E-state index in [-0.39, 0.29) is 6.54 Å². The van der Waals surface area contributed by atoms with Crippen LogP contribution in [-0.4, -0.2) is 24.2 Å². The van der Waals surface area contributed by atoms with E-state index in [1.807, 2.05) is 0 Å². The van der Waals surface area contributed by atoms with E-state index < -0.39 is 24.0 Å². The number of nitrogens with two attached hydrogens (primary N) is 1. The molecule has 13 heavy (non-hydrogen) atoms. The number of alkyl halides is 3. The zero-order valence-electron chi connectivity index (χ0n) is 6.95. The Labute approximate surface area is 73.5 Å². The number of rotatable bonds is 3. The maximum absolute atomic E-state index is 11.6. The van der Waals surface area contributed by atoms with Crippen molar-refractivity contribution in [2.24, 2.45) is 5.73 Å². The van der Waals surface area contributed by atoms with Crippen molar-refractivity contribution in [2.45, 2.75) is 31.0 Å². The van der Waals surface area contributed by atoms with Crippen molar-refractivity contribution in [3.63, 3.8) is 0 Å². The van der Waals surface area contributed by atoms with Crippen LogP contribution in [0.3, 0.4) is 0 Å². The minimum atomic E-state index is -4.22. The van der Waals surface area contributed by atoms with Gasteiger partial charge in [0, 0.05) is 6.54 Å². The second kappa shape index (κ2) is 3.17. The summed E-state index contributed by atoms with van der Waals surface area (Å²) in [5.74, 6) is -0.475. The molecular weight excluding hydrogens is 185 g/mol. The molecule has 0 saturated heterocycles. The predicted molar refractivity (Wildman–Crippen MR) is 39.8 cm³/mol. The standard InChI is InChI=1S/C7H11F3N2O/c8-7(9,10)3-4-12-5(13)6(11)1-2-6/h1-4,11H2,(H,12,13). The molecule has 1 aliphatic rings. The van der Waals surface area contributed by atoms with Crippen LogP contribution in [0.1, 0.15) is 19.3 Å². The molecule has 0 atom stereocenters. The highest BCUT2D eigenvalue weighted by Gasteiger charge is 2.45. The molecule has 0 unspecified atom stereocenters. The number of halogens is 3. The largest absolute Gasteiger partial charge is 0.390 e. The van der Waals surface area contributed by atoms with Gasteiger partial charge in [-0.3, -0.25) is 4.79 Å². The summed E-state index contributed by atoms with van der Waals surface area (Å²) in [7, 11) is 0. The van der Waals surface area contributed by atoms with Gasteiger partial charge in [0.25, 0.3) is 0 Å². The van der Waals surface area contributed by atoms with Crippen molar-refractivity contribution in [1.82, 2.24) is 5.32 Å². The van der Waals surface area contributed by atoms with Crippen molar-refractivity contribution >= 4 is 5.91 Å². The molecule has 6 heteroatoms. The molecule has 1 rings (SSSR count). The van der Waals surface area contributed by atoms with Crippen molar-refractivity contribution in [3.8, 4) is 0 Å². The molecule has 1 saturated carbocycles. The quantitative estimate of drug-likeness (QED) is 0.692. The lowest BCUT2D eigenvalue weighted by Crippen LogP contribution is -2.43. The Morgan fingerprint density at radius 2 is 2.00 bits per heavy atom. The normalized spacial score (nSPS) is 19.7. The molecule has 0 radical (unpaired) electrons. The average molecular weight is 196 g/mol. The molecule has 0 aliphatic heterocycles. The van der Waals surface area contributed by atoms with Crippen LogP contribution in [0.15, 0.2) is 0 Å². The van der Waals surface area contributed by atoms with Crippen LogP contribution in [0.5, 0.6) is 0 Å². The summed E-state index contributed by atoms with van der Waals surface area (Å²) in [5, 5.41) is 2.16. The first-order valence-corrected chi connectivity index (χ1v) is 3.97. The summed E-state index contributed by atoms with van der Waals surface area (Å²) < 4.78 is 34.9. The second-order valence-corrected chi connectivity index (χ2v) is 3.28. The maximum atomic E-state index is 11.6. The smallest absolute Gasteiger partial charge is 0.354 e. The summed E-state index contributed by atoms with van der Waals surface area (Å²) in [6.07, 6.45) is -4.11. The van der Waals surface area contributed by atoms with E-state index in [1.54, 1.807) is 0 Å². The average Bonchev–Trinajstić information content (AvgIpc) is 2.66. The lowest BCUT2D eigenvalue weighted by Gasteiger charge is -2.10. The first-order valence-electron chi connectivity index (χ1n) is 3.97. The fourth-order valence-electron chi connectivity index (χ4n) is 0.856. The van der Waals surface area contributed by atoms with Crippen LogP contribution in [0.2, 0.25) is 0 Å². The van der Waals surface area contributed by atoms with Gasteiger partial charge in [0.15, 0.2) is 0 Å². The van der Waals surface area contributed by atoms with E-state index >= 15 is 0 Å². The molecule has 1 amide bonds. The Balaban J connectivity index is 2.16. The SMILES string of the molecule is NC1(C(=O)NCCC(F)(F)F)CC1. The van der Waals surface area contributed by atoms with Crippen molar-refractivity contribution in [1.29, 1.82) is 0 Å². The van der Waals surface area contributed by atoms with Crippen molar-refractivity contribution < 1.29 is 18.0 Å². The van der Waals surface area contributed by atoms with E-state index in [0.29, 0.717) is 12.8 Å². The highest BCUT2D eigenvalue weighted by atomic mass is 19.4. The molecule has 3 N–H and O–H groups in total. The molecule has 0 bridgehead atoms. The minimum Gasteiger partial charge on any atom is -0.354 e. The summed E-state index contributed by atoms with van der Waals surface area (Å²) in [6.45, 7) is -0.388. The lowest BCUT2D eigenvalue weighted by atomic mass is 10.2. The molecule has 3 nitrogen and oxygen atoms in total. The number of carbonyl (C=O) groups is 1. The molecule has 0 spiro atoms. The summed E-state index contributed by atoms with van der Waals surface area (Å²) in [4.78, 5) is 11.0. The van der Waals surface area contributed by atoms with E-state index in [1.165, 1.54) is 0 Å². The predicted octanol–water partition coefficient (Wildman–Crippen LogP) is 0.546. The van der Waals surface area contributed by atoms with E-state index in [2.05, 4.69) is 5.32 Å². The van der Waals surface area contributed by atoms with Gasteiger partial charge in [0.05, 0.1) is 12.0 Å². The Hall–Kier alpha value is -0.780. The van der Waals surface area contributed by atoms with Gasteiger partial charge in [0.2, 0.25) is 5.91 Å². The molecule has 1 aliphatic carbocycles. The Morgan fingerprint density at radius 1 is 1.46 bits per heavy atom. The van der Waals surface area contributed by atoms with Crippen LogP contribution < -0.4 is 11.1 Å². The van der Waals surface area contributed by atoms with Crippen LogP contribution in [0, 0.1) is 0 Å². The zero-order valence-corrected chi connectivity index (χ0v) is 6.95. The first-order chi connectivity index (χ1) is 5.83. The van der Waals surface area contributed by atoms with E-state index in [4.69, 9.17) is 5.73 Å². The number of nitrogens with one attached hydrogen (secondary N) is 1. The highest BCUT2D eigenvalue weighted by molar-refractivity contribution is 5.88. The zero-order chi connectivity index (χ0) is 10.1. The van der Waals surface area contributed by atoms with Crippen LogP contribution in [-0.2, 0) is 4.79 Å². The third-order valence-electron chi connectivity index (χ3n) is 1.93. The van der Waals surface area contributed by atoms with Crippen LogP contribution >= 0.6 is 0 Å². The van der Waals surface area contributed by atoms with Gasteiger partial charge in [-0.15, -0.1) is 0 Å². The number of carbonyl (C=O) groups excluding carboxylic acids is 1. The van der Waals surface area contributed by atoms with Crippen molar-refractivity contribution in [2.75, 3.05) is 6.54 Å². The van der Waals surface area contributed by atoms with Gasteiger partial charge in [0.1, 0.15) is 0 Å². The Bertz CT molecular complexity index is 210. The van der Waals surface area contributed by atoms with Gasteiger partial charge in [-0.25, -0.2) is 0 Å². The molecule has 0 aromatic rings. The maximum Gasteiger partial charge on any atom is 0.390 e. The summed E-state index contributed by atoms with van der Waals surface area (Å²) >= 11 is 0. The Kier molecular flexibility index (Phi) is 2.51. The third-order valence-corrected chi connectivity index (χ3v) is 1.93. The van der Waals surface area contributed by atoms with Crippen LogP contribution in [0.25, 0.3) is 0 Å². The van der Waals surface area contributed by atoms with Gasteiger partial charge in [-0.1, -0.05) is 0 Å². The lowest BCUT2D eigenvalue weighted by molar-refractivity contribution is -0.136. The Morgan fingerprint density at radius 3 is 2.38 bits per heavy atom. The van der Waals surface area contributed by atoms with Gasteiger partial charge >= 0.3 is 6.18 Å². The third kappa shape index (κ3) is 3.22. The molecule has 0 aromatic heterocycles. The summed E-state index contributed by atoms with van der Waals surface area (Å²) in [5.41, 5.74) is 4.56. The topological polar surface area (TPSA) is 55.1 Å². The van der Waals surface area contributed by atoms with E-state index in [0.717, 1.165) is 0 Å². The highest BCUT2D eigenvalue weighted by Crippen LogP contribution is 2.32. The summed E-state index contributed by atoms with van der Waals surface area (Å²) in [6, 6.07) is 0. The molecule has 1 fully saturated rings. The minimum absolute atomic E-state index is 0.388. The van der Waals surface area contributed by atoms with Gasteiger partial charge < -0.3 is 11.1 Å². The van der Waals surface area contributed by atoms with E-state index in [9.17, 15) is 18.0 Å². The van der Waals surface area contributed by atoms with Gasteiger partial charge in [-0.05, 0) is 12.8 Å². The number of hydrogen-bond donors (Lipinski definition) is 2. The van der Waals surface area contributed by atoms with Crippen molar-refractivity contribution in [3.05, 3.63) is 0 Å².